The average Bonchev–Trinajstić information content (AvgIpc) is 3.14. The number of hydrogen-bond acceptors (Lipinski definition) is 3. The van der Waals surface area contributed by atoms with E-state index in [1.807, 2.05) is 0 Å². The van der Waals surface area contributed by atoms with Gasteiger partial charge >= 0.3 is 0 Å². The first-order chi connectivity index (χ1) is 15.7. The minimum absolute atomic E-state index is 0.104. The second-order valence-corrected chi connectivity index (χ2v) is 9.13. The number of aromatic nitrogens is 1. The molecule has 2 heterocycles. The van der Waals surface area contributed by atoms with E-state index in [-0.39, 0.29) is 12.2 Å². The Kier molecular flexibility index (Phi) is 4.65. The maximum absolute atomic E-state index is 6.84. The second kappa shape index (κ2) is 7.56. The molecule has 0 unspecified atom stereocenters. The lowest BCUT2D eigenvalue weighted by atomic mass is 9.75. The maximum atomic E-state index is 6.84. The lowest BCUT2D eigenvalue weighted by molar-refractivity contribution is -0.0390. The van der Waals surface area contributed by atoms with Crippen molar-refractivity contribution in [1.82, 2.24) is 4.57 Å². The maximum Gasteiger partial charge on any atom is 0.161 e. The number of fused-ring (bicyclic) bond motifs is 6. The van der Waals surface area contributed by atoms with Gasteiger partial charge in [0, 0.05) is 34.8 Å². The van der Waals surface area contributed by atoms with Crippen LogP contribution in [0.1, 0.15) is 54.4 Å². The van der Waals surface area contributed by atoms with Crippen LogP contribution in [0.2, 0.25) is 0 Å². The zero-order chi connectivity index (χ0) is 21.8. The Labute approximate surface area is 188 Å². The van der Waals surface area contributed by atoms with E-state index in [9.17, 15) is 0 Å². The summed E-state index contributed by atoms with van der Waals surface area (Å²) in [5.74, 6) is 2.00. The molecular formula is C28H29NO3. The van der Waals surface area contributed by atoms with Gasteiger partial charge in [0.05, 0.1) is 20.3 Å². The van der Waals surface area contributed by atoms with Gasteiger partial charge < -0.3 is 18.8 Å². The van der Waals surface area contributed by atoms with E-state index in [0.717, 1.165) is 17.9 Å². The Morgan fingerprint density at radius 2 is 1.53 bits per heavy atom. The molecule has 32 heavy (non-hydrogen) atoms. The average molecular weight is 428 g/mol. The van der Waals surface area contributed by atoms with Crippen LogP contribution in [0.25, 0.3) is 21.8 Å². The summed E-state index contributed by atoms with van der Waals surface area (Å²) in [5.41, 5.74) is 6.27. The van der Waals surface area contributed by atoms with Gasteiger partial charge in [-0.25, -0.2) is 0 Å². The highest BCUT2D eigenvalue weighted by Crippen LogP contribution is 2.50. The van der Waals surface area contributed by atoms with Crippen molar-refractivity contribution < 1.29 is 14.2 Å². The van der Waals surface area contributed by atoms with E-state index in [4.69, 9.17) is 14.2 Å². The number of methoxy groups -OCH3 is 2. The SMILES string of the molecule is COc1cc2c(cc1OC)[C@H]1CCCC[C@@H]1O[C@@H]2c1ccc2c(c1)c1ccccc1n2C. The molecule has 4 nitrogen and oxygen atoms in total. The van der Waals surface area contributed by atoms with Crippen molar-refractivity contribution in [3.8, 4) is 11.5 Å². The Balaban J connectivity index is 1.55. The molecule has 3 atom stereocenters. The monoisotopic (exact) mass is 427 g/mol. The van der Waals surface area contributed by atoms with Crippen molar-refractivity contribution in [2.75, 3.05) is 14.2 Å². The normalized spacial score (nSPS) is 22.5. The summed E-state index contributed by atoms with van der Waals surface area (Å²) in [5, 5.41) is 2.56. The molecule has 4 aromatic rings. The highest BCUT2D eigenvalue weighted by Gasteiger charge is 2.39. The van der Waals surface area contributed by atoms with Gasteiger partial charge in [0.1, 0.15) is 6.10 Å². The number of nitrogens with zero attached hydrogens (tertiary/aromatic N) is 1. The molecule has 3 aromatic carbocycles. The molecule has 1 aromatic heterocycles. The van der Waals surface area contributed by atoms with E-state index in [2.05, 4.69) is 66.2 Å². The molecule has 4 heteroatoms. The fraction of sp³-hybridized carbons (Fsp3) is 0.357. The molecule has 0 saturated heterocycles. The summed E-state index contributed by atoms with van der Waals surface area (Å²) in [6.45, 7) is 0. The number of aryl methyl sites for hydroxylation is 1. The van der Waals surface area contributed by atoms with Gasteiger partial charge in [0.25, 0.3) is 0 Å². The largest absolute Gasteiger partial charge is 0.493 e. The van der Waals surface area contributed by atoms with Crippen LogP contribution in [0, 0.1) is 0 Å². The number of ether oxygens (including phenoxy) is 3. The van der Waals surface area contributed by atoms with Crippen LogP contribution >= 0.6 is 0 Å². The molecule has 0 radical (unpaired) electrons. The molecular weight excluding hydrogens is 398 g/mol. The van der Waals surface area contributed by atoms with E-state index in [0.29, 0.717) is 5.92 Å². The van der Waals surface area contributed by atoms with Gasteiger partial charge in [-0.1, -0.05) is 37.1 Å². The summed E-state index contributed by atoms with van der Waals surface area (Å²) in [6.07, 6.45) is 4.92. The van der Waals surface area contributed by atoms with Gasteiger partial charge in [0.2, 0.25) is 0 Å². The third-order valence-corrected chi connectivity index (χ3v) is 7.52. The zero-order valence-corrected chi connectivity index (χ0v) is 18.9. The number of benzene rings is 3. The van der Waals surface area contributed by atoms with Gasteiger partial charge in [-0.05, 0) is 59.9 Å². The highest BCUT2D eigenvalue weighted by atomic mass is 16.5. The predicted octanol–water partition coefficient (Wildman–Crippen LogP) is 6.49. The van der Waals surface area contributed by atoms with Crippen molar-refractivity contribution in [3.63, 3.8) is 0 Å². The first-order valence-corrected chi connectivity index (χ1v) is 11.6. The molecule has 6 rings (SSSR count). The zero-order valence-electron chi connectivity index (χ0n) is 18.9. The molecule has 164 valence electrons. The minimum atomic E-state index is -0.104. The van der Waals surface area contributed by atoms with Crippen molar-refractivity contribution in [1.29, 1.82) is 0 Å². The first-order valence-electron chi connectivity index (χ1n) is 11.6. The highest BCUT2D eigenvalue weighted by molar-refractivity contribution is 6.08. The van der Waals surface area contributed by atoms with E-state index in [1.165, 1.54) is 57.8 Å². The predicted molar refractivity (Wildman–Crippen MR) is 128 cm³/mol. The third-order valence-electron chi connectivity index (χ3n) is 7.52. The van der Waals surface area contributed by atoms with Crippen molar-refractivity contribution in [3.05, 3.63) is 71.3 Å². The quantitative estimate of drug-likeness (QED) is 0.374. The summed E-state index contributed by atoms with van der Waals surface area (Å²) >= 11 is 0. The fourth-order valence-corrected chi connectivity index (χ4v) is 5.93. The van der Waals surface area contributed by atoms with Crippen LogP contribution in [-0.2, 0) is 11.8 Å². The van der Waals surface area contributed by atoms with Crippen LogP contribution < -0.4 is 9.47 Å². The third kappa shape index (κ3) is 2.86. The molecule has 2 aliphatic rings. The van der Waals surface area contributed by atoms with Gasteiger partial charge in [-0.3, -0.25) is 0 Å². The van der Waals surface area contributed by atoms with Crippen molar-refractivity contribution in [2.24, 2.45) is 7.05 Å². The Morgan fingerprint density at radius 1 is 0.812 bits per heavy atom. The molecule has 0 spiro atoms. The molecule has 1 fully saturated rings. The Bertz CT molecular complexity index is 1320. The van der Waals surface area contributed by atoms with E-state index >= 15 is 0 Å². The summed E-state index contributed by atoms with van der Waals surface area (Å²) < 4.78 is 20.4. The summed E-state index contributed by atoms with van der Waals surface area (Å²) in [6, 6.07) is 19.7. The lowest BCUT2D eigenvalue weighted by Crippen LogP contribution is -2.33. The molecule has 1 aliphatic carbocycles. The second-order valence-electron chi connectivity index (χ2n) is 9.13. The minimum Gasteiger partial charge on any atom is -0.493 e. The molecule has 0 bridgehead atoms. The van der Waals surface area contributed by atoms with Crippen molar-refractivity contribution in [2.45, 2.75) is 43.8 Å². The number of para-hydroxylation sites is 1. The van der Waals surface area contributed by atoms with E-state index in [1.54, 1.807) is 14.2 Å². The first kappa shape index (κ1) is 19.7. The van der Waals surface area contributed by atoms with Gasteiger partial charge in [-0.15, -0.1) is 0 Å². The molecule has 0 N–H and O–H groups in total. The Hall–Kier alpha value is -2.98. The fourth-order valence-electron chi connectivity index (χ4n) is 5.93. The Morgan fingerprint density at radius 3 is 2.34 bits per heavy atom. The smallest absolute Gasteiger partial charge is 0.161 e. The summed E-state index contributed by atoms with van der Waals surface area (Å²) in [7, 11) is 5.56. The number of rotatable bonds is 3. The molecule has 1 saturated carbocycles. The van der Waals surface area contributed by atoms with Crippen LogP contribution in [0.5, 0.6) is 11.5 Å². The van der Waals surface area contributed by atoms with Crippen molar-refractivity contribution >= 4 is 21.8 Å². The van der Waals surface area contributed by atoms with Crippen LogP contribution in [-0.4, -0.2) is 24.9 Å². The van der Waals surface area contributed by atoms with Gasteiger partial charge in [0.15, 0.2) is 11.5 Å². The van der Waals surface area contributed by atoms with E-state index < -0.39 is 0 Å². The van der Waals surface area contributed by atoms with Gasteiger partial charge in [-0.2, -0.15) is 0 Å². The molecule has 1 aliphatic heterocycles. The van der Waals surface area contributed by atoms with Crippen LogP contribution in [0.4, 0.5) is 0 Å². The topological polar surface area (TPSA) is 32.6 Å². The van der Waals surface area contributed by atoms with Crippen LogP contribution in [0.15, 0.2) is 54.6 Å². The standard InChI is InChI=1S/C28H29NO3/c1-29-23-10-6-4-8-18(23)21-14-17(12-13-24(21)29)28-22-16-27(31-3)26(30-2)15-20(22)19-9-5-7-11-25(19)32-28/h4,6,8,10,12-16,19,25,28H,5,7,9,11H2,1-3H3/t19-,25+,28-/m1/s1. The van der Waals surface area contributed by atoms with Crippen LogP contribution in [0.3, 0.4) is 0 Å². The molecule has 0 amide bonds. The lowest BCUT2D eigenvalue weighted by Gasteiger charge is -2.41. The number of hydrogen-bond donors (Lipinski definition) is 0. The summed E-state index contributed by atoms with van der Waals surface area (Å²) in [4.78, 5) is 0.